The maximum atomic E-state index is 12.0. The summed E-state index contributed by atoms with van der Waals surface area (Å²) in [5.41, 5.74) is 3.70. The van der Waals surface area contributed by atoms with Crippen LogP contribution in [0.15, 0.2) is 42.5 Å². The van der Waals surface area contributed by atoms with Crippen molar-refractivity contribution in [2.75, 3.05) is 19.8 Å². The molecule has 0 atom stereocenters. The molecule has 0 saturated heterocycles. The molecule has 1 aliphatic rings. The Balaban J connectivity index is 1.37. The van der Waals surface area contributed by atoms with Gasteiger partial charge in [0.25, 0.3) is 0 Å². The van der Waals surface area contributed by atoms with E-state index in [4.69, 9.17) is 9.47 Å². The second-order valence-electron chi connectivity index (χ2n) is 6.42. The molecule has 0 bridgehead atoms. The van der Waals surface area contributed by atoms with Gasteiger partial charge in [-0.05, 0) is 49.4 Å². The van der Waals surface area contributed by atoms with E-state index in [0.717, 1.165) is 29.9 Å². The van der Waals surface area contributed by atoms with Crippen molar-refractivity contribution in [2.24, 2.45) is 0 Å². The quantitative estimate of drug-likeness (QED) is 0.786. The fraction of sp³-hybridized carbons (Fsp3) is 0.381. The Labute approximate surface area is 149 Å². The number of benzene rings is 2. The monoisotopic (exact) mass is 339 g/mol. The highest BCUT2D eigenvalue weighted by Gasteiger charge is 2.12. The number of amides is 1. The summed E-state index contributed by atoms with van der Waals surface area (Å²) in [6, 6.07) is 14.4. The Morgan fingerprint density at radius 2 is 1.80 bits per heavy atom. The summed E-state index contributed by atoms with van der Waals surface area (Å²) >= 11 is 0. The highest BCUT2D eigenvalue weighted by atomic mass is 16.6. The van der Waals surface area contributed by atoms with E-state index in [1.165, 1.54) is 11.1 Å². The van der Waals surface area contributed by atoms with Gasteiger partial charge in [0.15, 0.2) is 11.5 Å². The lowest BCUT2D eigenvalue weighted by atomic mass is 10.1. The van der Waals surface area contributed by atoms with Crippen LogP contribution in [0.25, 0.3) is 0 Å². The number of aryl methyl sites for hydroxylation is 3. The van der Waals surface area contributed by atoms with Crippen molar-refractivity contribution in [3.8, 4) is 11.5 Å². The second-order valence-corrected chi connectivity index (χ2v) is 6.42. The predicted octanol–water partition coefficient (Wildman–Crippen LogP) is 3.45. The fourth-order valence-corrected chi connectivity index (χ4v) is 2.98. The van der Waals surface area contributed by atoms with Crippen molar-refractivity contribution < 1.29 is 14.3 Å². The summed E-state index contributed by atoms with van der Waals surface area (Å²) in [6.45, 7) is 3.99. The van der Waals surface area contributed by atoms with Crippen LogP contribution in [0.2, 0.25) is 0 Å². The minimum atomic E-state index is 0.0964. The molecule has 1 N–H and O–H groups in total. The minimum Gasteiger partial charge on any atom is -0.486 e. The van der Waals surface area contributed by atoms with Crippen LogP contribution >= 0.6 is 0 Å². The molecule has 132 valence electrons. The zero-order chi connectivity index (χ0) is 17.5. The normalized spacial score (nSPS) is 12.7. The number of fused-ring (bicyclic) bond motifs is 1. The van der Waals surface area contributed by atoms with Gasteiger partial charge in [-0.25, -0.2) is 0 Å². The van der Waals surface area contributed by atoms with Crippen molar-refractivity contribution >= 4 is 5.91 Å². The lowest BCUT2D eigenvalue weighted by Gasteiger charge is -2.18. The van der Waals surface area contributed by atoms with Crippen LogP contribution in [-0.2, 0) is 17.6 Å². The molecule has 2 aromatic rings. The van der Waals surface area contributed by atoms with Crippen LogP contribution in [0.3, 0.4) is 0 Å². The molecule has 4 heteroatoms. The predicted molar refractivity (Wildman–Crippen MR) is 98.3 cm³/mol. The molecule has 1 amide bonds. The SMILES string of the molecule is Cc1cccc(CCCNC(=O)CCc2ccc3c(c2)OCCO3)c1. The van der Waals surface area contributed by atoms with Crippen molar-refractivity contribution in [2.45, 2.75) is 32.6 Å². The third-order valence-corrected chi connectivity index (χ3v) is 4.29. The van der Waals surface area contributed by atoms with Gasteiger partial charge in [-0.2, -0.15) is 0 Å². The number of rotatable bonds is 7. The van der Waals surface area contributed by atoms with Crippen molar-refractivity contribution in [3.05, 3.63) is 59.2 Å². The molecule has 0 aliphatic carbocycles. The van der Waals surface area contributed by atoms with Gasteiger partial charge in [-0.15, -0.1) is 0 Å². The molecule has 4 nitrogen and oxygen atoms in total. The molecule has 0 spiro atoms. The topological polar surface area (TPSA) is 47.6 Å². The Hall–Kier alpha value is -2.49. The average Bonchev–Trinajstić information content (AvgIpc) is 2.63. The molecule has 0 aromatic heterocycles. The van der Waals surface area contributed by atoms with Crippen LogP contribution in [0.4, 0.5) is 0 Å². The third-order valence-electron chi connectivity index (χ3n) is 4.29. The Bertz CT molecular complexity index is 727. The van der Waals surface area contributed by atoms with E-state index < -0.39 is 0 Å². The molecular formula is C21H25NO3. The molecule has 25 heavy (non-hydrogen) atoms. The zero-order valence-corrected chi connectivity index (χ0v) is 14.7. The minimum absolute atomic E-state index is 0.0964. The first-order valence-electron chi connectivity index (χ1n) is 8.91. The van der Waals surface area contributed by atoms with Gasteiger partial charge in [0.2, 0.25) is 5.91 Å². The lowest BCUT2D eigenvalue weighted by Crippen LogP contribution is -2.25. The van der Waals surface area contributed by atoms with Gasteiger partial charge in [0.1, 0.15) is 13.2 Å². The summed E-state index contributed by atoms with van der Waals surface area (Å²) < 4.78 is 11.1. The van der Waals surface area contributed by atoms with Crippen molar-refractivity contribution in [3.63, 3.8) is 0 Å². The molecular weight excluding hydrogens is 314 g/mol. The number of carbonyl (C=O) groups is 1. The molecule has 0 saturated carbocycles. The number of hydrogen-bond donors (Lipinski definition) is 1. The van der Waals surface area contributed by atoms with E-state index in [0.29, 0.717) is 32.6 Å². The zero-order valence-electron chi connectivity index (χ0n) is 14.7. The first-order chi connectivity index (χ1) is 12.2. The van der Waals surface area contributed by atoms with Gasteiger partial charge in [0.05, 0.1) is 0 Å². The fourth-order valence-electron chi connectivity index (χ4n) is 2.98. The Morgan fingerprint density at radius 1 is 1.00 bits per heavy atom. The molecule has 1 heterocycles. The third kappa shape index (κ3) is 5.24. The Kier molecular flexibility index (Phi) is 5.94. The smallest absolute Gasteiger partial charge is 0.220 e. The standard InChI is InChI=1S/C21H25NO3/c1-16-4-2-5-17(14-16)6-3-11-22-21(23)10-8-18-7-9-19-20(15-18)25-13-12-24-19/h2,4-5,7,9,14-15H,3,6,8,10-13H2,1H3,(H,22,23). The van der Waals surface area contributed by atoms with Crippen LogP contribution in [0.1, 0.15) is 29.5 Å². The largest absolute Gasteiger partial charge is 0.486 e. The molecule has 2 aromatic carbocycles. The molecule has 0 unspecified atom stereocenters. The number of ether oxygens (including phenoxy) is 2. The van der Waals surface area contributed by atoms with E-state index in [-0.39, 0.29) is 5.91 Å². The molecule has 3 rings (SSSR count). The van der Waals surface area contributed by atoms with Gasteiger partial charge < -0.3 is 14.8 Å². The van der Waals surface area contributed by atoms with Crippen LogP contribution in [0, 0.1) is 6.92 Å². The molecule has 0 fully saturated rings. The van der Waals surface area contributed by atoms with E-state index in [1.807, 2.05) is 18.2 Å². The first-order valence-corrected chi connectivity index (χ1v) is 8.91. The summed E-state index contributed by atoms with van der Waals surface area (Å²) in [5, 5.41) is 3.01. The maximum Gasteiger partial charge on any atom is 0.220 e. The average molecular weight is 339 g/mol. The molecule has 0 radical (unpaired) electrons. The van der Waals surface area contributed by atoms with Gasteiger partial charge in [-0.1, -0.05) is 35.9 Å². The van der Waals surface area contributed by atoms with Gasteiger partial charge >= 0.3 is 0 Å². The van der Waals surface area contributed by atoms with E-state index in [1.54, 1.807) is 0 Å². The first kappa shape index (κ1) is 17.3. The van der Waals surface area contributed by atoms with Crippen molar-refractivity contribution in [1.29, 1.82) is 0 Å². The number of nitrogens with one attached hydrogen (secondary N) is 1. The highest BCUT2D eigenvalue weighted by molar-refractivity contribution is 5.76. The van der Waals surface area contributed by atoms with E-state index >= 15 is 0 Å². The maximum absolute atomic E-state index is 12.0. The van der Waals surface area contributed by atoms with E-state index in [9.17, 15) is 4.79 Å². The summed E-state index contributed by atoms with van der Waals surface area (Å²) in [6.07, 6.45) is 3.15. The summed E-state index contributed by atoms with van der Waals surface area (Å²) in [5.74, 6) is 1.66. The van der Waals surface area contributed by atoms with Crippen LogP contribution < -0.4 is 14.8 Å². The molecule has 1 aliphatic heterocycles. The van der Waals surface area contributed by atoms with Gasteiger partial charge in [-0.3, -0.25) is 4.79 Å². The van der Waals surface area contributed by atoms with Crippen molar-refractivity contribution in [1.82, 2.24) is 5.32 Å². The van der Waals surface area contributed by atoms with Gasteiger partial charge in [0, 0.05) is 13.0 Å². The Morgan fingerprint density at radius 3 is 2.64 bits per heavy atom. The summed E-state index contributed by atoms with van der Waals surface area (Å²) in [4.78, 5) is 12.0. The summed E-state index contributed by atoms with van der Waals surface area (Å²) in [7, 11) is 0. The van der Waals surface area contributed by atoms with Crippen LogP contribution in [0.5, 0.6) is 11.5 Å². The van der Waals surface area contributed by atoms with Crippen LogP contribution in [-0.4, -0.2) is 25.7 Å². The second kappa shape index (κ2) is 8.56. The lowest BCUT2D eigenvalue weighted by molar-refractivity contribution is -0.121. The highest BCUT2D eigenvalue weighted by Crippen LogP contribution is 2.31. The number of hydrogen-bond acceptors (Lipinski definition) is 3. The van der Waals surface area contributed by atoms with E-state index in [2.05, 4.69) is 36.5 Å². The number of carbonyl (C=O) groups excluding carboxylic acids is 1.